The average Bonchev–Trinajstić information content (AvgIpc) is 2.64. The molecule has 0 aliphatic rings. The summed E-state index contributed by atoms with van der Waals surface area (Å²) in [7, 11) is 0. The molecule has 1 heterocycles. The van der Waals surface area contributed by atoms with Crippen molar-refractivity contribution in [2.24, 2.45) is 0 Å². The quantitative estimate of drug-likeness (QED) is 0.580. The minimum Gasteiger partial charge on any atom is -0.340 e. The Morgan fingerprint density at radius 3 is 2.63 bits per heavy atom. The molecule has 0 aliphatic heterocycles. The fourth-order valence-corrected chi connectivity index (χ4v) is 2.99. The van der Waals surface area contributed by atoms with Crippen molar-refractivity contribution < 1.29 is 4.79 Å². The number of halogens is 2. The van der Waals surface area contributed by atoms with Crippen molar-refractivity contribution in [3.8, 4) is 0 Å². The minimum atomic E-state index is -0.313. The number of carbonyl (C=O) groups excluding carboxylic acids is 1. The number of hydrogen-bond donors (Lipinski definition) is 2. The van der Waals surface area contributed by atoms with Crippen molar-refractivity contribution in [2.75, 3.05) is 10.6 Å². The SMILES string of the molecule is CCc1ccc(Nc2cc(C)ncn2)cc1NC(=O)c1cc(Cl)ccc1Cl. The number of carbonyl (C=O) groups is 1. The van der Waals surface area contributed by atoms with E-state index in [9.17, 15) is 4.79 Å². The van der Waals surface area contributed by atoms with Crippen molar-refractivity contribution in [3.63, 3.8) is 0 Å². The molecule has 0 saturated heterocycles. The van der Waals surface area contributed by atoms with E-state index in [2.05, 4.69) is 20.6 Å². The van der Waals surface area contributed by atoms with Gasteiger partial charge >= 0.3 is 0 Å². The van der Waals surface area contributed by atoms with Gasteiger partial charge in [-0.05, 0) is 49.2 Å². The molecule has 0 radical (unpaired) electrons. The number of nitrogens with one attached hydrogen (secondary N) is 2. The van der Waals surface area contributed by atoms with E-state index < -0.39 is 0 Å². The summed E-state index contributed by atoms with van der Waals surface area (Å²) in [5, 5.41) is 6.95. The van der Waals surface area contributed by atoms with Gasteiger partial charge in [-0.1, -0.05) is 36.2 Å². The van der Waals surface area contributed by atoms with Crippen molar-refractivity contribution >= 4 is 46.3 Å². The van der Waals surface area contributed by atoms with Gasteiger partial charge in [-0.15, -0.1) is 0 Å². The Hall–Kier alpha value is -2.63. The monoisotopic (exact) mass is 400 g/mol. The Kier molecular flexibility index (Phi) is 5.94. The van der Waals surface area contributed by atoms with Gasteiger partial charge in [0.05, 0.1) is 10.6 Å². The molecule has 0 aliphatic carbocycles. The van der Waals surface area contributed by atoms with Crippen LogP contribution in [0, 0.1) is 6.92 Å². The number of benzene rings is 2. The first-order chi connectivity index (χ1) is 13.0. The van der Waals surface area contributed by atoms with Gasteiger partial charge in [0.15, 0.2) is 0 Å². The lowest BCUT2D eigenvalue weighted by molar-refractivity contribution is 0.102. The largest absolute Gasteiger partial charge is 0.340 e. The van der Waals surface area contributed by atoms with Crippen LogP contribution in [-0.2, 0) is 6.42 Å². The molecule has 2 N–H and O–H groups in total. The lowest BCUT2D eigenvalue weighted by atomic mass is 10.1. The molecule has 138 valence electrons. The highest BCUT2D eigenvalue weighted by Crippen LogP contribution is 2.26. The van der Waals surface area contributed by atoms with Gasteiger partial charge in [-0.2, -0.15) is 0 Å². The zero-order valence-corrected chi connectivity index (χ0v) is 16.4. The smallest absolute Gasteiger partial charge is 0.257 e. The average molecular weight is 401 g/mol. The second kappa shape index (κ2) is 8.37. The number of aryl methyl sites for hydroxylation is 2. The molecule has 1 aromatic heterocycles. The van der Waals surface area contributed by atoms with E-state index >= 15 is 0 Å². The molecule has 0 bridgehead atoms. The van der Waals surface area contributed by atoms with Crippen LogP contribution in [0.5, 0.6) is 0 Å². The van der Waals surface area contributed by atoms with Crippen molar-refractivity contribution in [1.82, 2.24) is 9.97 Å². The molecule has 1 amide bonds. The van der Waals surface area contributed by atoms with Gasteiger partial charge in [-0.3, -0.25) is 4.79 Å². The fraction of sp³-hybridized carbons (Fsp3) is 0.150. The molecule has 3 aromatic rings. The van der Waals surface area contributed by atoms with Crippen LogP contribution in [0.1, 0.15) is 28.5 Å². The van der Waals surface area contributed by atoms with Gasteiger partial charge in [-0.25, -0.2) is 9.97 Å². The van der Waals surface area contributed by atoms with Crippen LogP contribution in [0.25, 0.3) is 0 Å². The lowest BCUT2D eigenvalue weighted by Gasteiger charge is -2.14. The van der Waals surface area contributed by atoms with Gasteiger partial charge in [0.2, 0.25) is 0 Å². The summed E-state index contributed by atoms with van der Waals surface area (Å²) < 4.78 is 0. The molecule has 3 rings (SSSR count). The molecule has 7 heteroatoms. The van der Waals surface area contributed by atoms with Crippen molar-refractivity contribution in [2.45, 2.75) is 20.3 Å². The predicted octanol–water partition coefficient (Wildman–Crippen LogP) is 5.65. The number of aromatic nitrogens is 2. The fourth-order valence-electron chi connectivity index (χ4n) is 2.61. The first-order valence-corrected chi connectivity index (χ1v) is 9.17. The molecular weight excluding hydrogens is 383 g/mol. The first kappa shape index (κ1) is 19.1. The Labute approximate surface area is 167 Å². The van der Waals surface area contributed by atoms with E-state index in [0.717, 1.165) is 23.4 Å². The van der Waals surface area contributed by atoms with Crippen LogP contribution in [-0.4, -0.2) is 15.9 Å². The first-order valence-electron chi connectivity index (χ1n) is 8.41. The second-order valence-electron chi connectivity index (χ2n) is 5.97. The van der Waals surface area contributed by atoms with E-state index in [-0.39, 0.29) is 5.91 Å². The third-order valence-corrected chi connectivity index (χ3v) is 4.55. The molecule has 0 atom stereocenters. The Morgan fingerprint density at radius 1 is 1.07 bits per heavy atom. The van der Waals surface area contributed by atoms with Crippen LogP contribution < -0.4 is 10.6 Å². The molecule has 0 fully saturated rings. The summed E-state index contributed by atoms with van der Waals surface area (Å²) in [5.74, 6) is 0.370. The molecular formula is C20H18Cl2N4O. The second-order valence-corrected chi connectivity index (χ2v) is 6.82. The topological polar surface area (TPSA) is 66.9 Å². The Balaban J connectivity index is 1.87. The highest BCUT2D eigenvalue weighted by molar-refractivity contribution is 6.36. The van der Waals surface area contributed by atoms with E-state index in [1.165, 1.54) is 6.33 Å². The number of rotatable bonds is 5. The van der Waals surface area contributed by atoms with Crippen LogP contribution in [0.4, 0.5) is 17.2 Å². The highest BCUT2D eigenvalue weighted by atomic mass is 35.5. The molecule has 0 spiro atoms. The summed E-state index contributed by atoms with van der Waals surface area (Å²) in [6.45, 7) is 3.92. The maximum atomic E-state index is 12.7. The van der Waals surface area contributed by atoms with Gasteiger partial charge in [0.1, 0.15) is 12.1 Å². The van der Waals surface area contributed by atoms with E-state index in [1.807, 2.05) is 38.1 Å². The number of nitrogens with zero attached hydrogens (tertiary/aromatic N) is 2. The summed E-state index contributed by atoms with van der Waals surface area (Å²) >= 11 is 12.1. The summed E-state index contributed by atoms with van der Waals surface area (Å²) in [5.41, 5.74) is 3.70. The normalized spacial score (nSPS) is 10.5. The molecule has 0 saturated carbocycles. The molecule has 2 aromatic carbocycles. The van der Waals surface area contributed by atoms with Crippen LogP contribution >= 0.6 is 23.2 Å². The number of hydrogen-bond acceptors (Lipinski definition) is 4. The third kappa shape index (κ3) is 4.76. The Morgan fingerprint density at radius 2 is 1.89 bits per heavy atom. The molecule has 5 nitrogen and oxygen atoms in total. The highest BCUT2D eigenvalue weighted by Gasteiger charge is 2.13. The third-order valence-electron chi connectivity index (χ3n) is 3.99. The van der Waals surface area contributed by atoms with E-state index in [0.29, 0.717) is 27.1 Å². The van der Waals surface area contributed by atoms with Gasteiger partial charge < -0.3 is 10.6 Å². The Bertz CT molecular complexity index is 991. The summed E-state index contributed by atoms with van der Waals surface area (Å²) in [6.07, 6.45) is 2.27. The van der Waals surface area contributed by atoms with Crippen LogP contribution in [0.3, 0.4) is 0 Å². The zero-order valence-electron chi connectivity index (χ0n) is 14.9. The van der Waals surface area contributed by atoms with Crippen LogP contribution in [0.2, 0.25) is 10.0 Å². The lowest BCUT2D eigenvalue weighted by Crippen LogP contribution is -2.14. The van der Waals surface area contributed by atoms with E-state index in [1.54, 1.807) is 18.2 Å². The van der Waals surface area contributed by atoms with Gasteiger partial charge in [0.25, 0.3) is 5.91 Å². The van der Waals surface area contributed by atoms with E-state index in [4.69, 9.17) is 23.2 Å². The maximum Gasteiger partial charge on any atom is 0.257 e. The predicted molar refractivity (Wildman–Crippen MR) is 110 cm³/mol. The van der Waals surface area contributed by atoms with Crippen molar-refractivity contribution in [1.29, 1.82) is 0 Å². The summed E-state index contributed by atoms with van der Waals surface area (Å²) in [4.78, 5) is 21.0. The van der Waals surface area contributed by atoms with Crippen LogP contribution in [0.15, 0.2) is 48.8 Å². The number of amides is 1. The maximum absolute atomic E-state index is 12.7. The molecule has 27 heavy (non-hydrogen) atoms. The minimum absolute atomic E-state index is 0.313. The van der Waals surface area contributed by atoms with Crippen molar-refractivity contribution in [3.05, 3.63) is 75.7 Å². The van der Waals surface area contributed by atoms with Gasteiger partial charge in [0, 0.05) is 28.2 Å². The zero-order chi connectivity index (χ0) is 19.4. The summed E-state index contributed by atoms with van der Waals surface area (Å²) in [6, 6.07) is 12.4. The number of anilines is 3. The molecule has 0 unspecified atom stereocenters. The standard InChI is InChI=1S/C20H18Cl2N4O/c1-3-13-4-6-15(25-19-8-12(2)23-11-24-19)10-18(13)26-20(27)16-9-14(21)5-7-17(16)22/h4-11H,3H2,1-2H3,(H,26,27)(H,23,24,25).